The van der Waals surface area contributed by atoms with E-state index < -0.39 is 0 Å². The van der Waals surface area contributed by atoms with Gasteiger partial charge in [-0.2, -0.15) is 0 Å². The van der Waals surface area contributed by atoms with Crippen molar-refractivity contribution in [3.8, 4) is 0 Å². The molecule has 0 aliphatic carbocycles. The molecule has 0 saturated carbocycles. The maximum atomic E-state index is 5.98. The van der Waals surface area contributed by atoms with Crippen molar-refractivity contribution in [3.63, 3.8) is 0 Å². The molecule has 2 aromatic carbocycles. The summed E-state index contributed by atoms with van der Waals surface area (Å²) in [4.78, 5) is 7.59. The number of ether oxygens (including phenoxy) is 1. The Bertz CT molecular complexity index is 654. The Labute approximate surface area is 155 Å². The quantitative estimate of drug-likeness (QED) is 0.693. The van der Waals surface area contributed by atoms with Crippen LogP contribution in [0.2, 0.25) is 0 Å². The van der Waals surface area contributed by atoms with Gasteiger partial charge in [-0.15, -0.1) is 0 Å². The summed E-state index contributed by atoms with van der Waals surface area (Å²) in [5.41, 5.74) is 2.59. The van der Waals surface area contributed by atoms with Gasteiger partial charge in [-0.25, -0.2) is 0 Å². The number of anilines is 2. The minimum absolute atomic E-state index is 0.765. The maximum Gasteiger partial charge on any atom is 0.0646 e. The van der Waals surface area contributed by atoms with Gasteiger partial charge in [0.1, 0.15) is 0 Å². The van der Waals surface area contributed by atoms with Crippen LogP contribution in [-0.2, 0) is 4.74 Å². The molecule has 2 aromatic rings. The molecule has 0 bridgehead atoms. The van der Waals surface area contributed by atoms with Gasteiger partial charge in [0.25, 0.3) is 0 Å². The number of fused-ring (bicyclic) bond motifs is 2. The summed E-state index contributed by atoms with van der Waals surface area (Å²) in [6.45, 7) is 6.06. The highest BCUT2D eigenvalue weighted by molar-refractivity contribution is 7.99. The molecule has 1 fully saturated rings. The van der Waals surface area contributed by atoms with Crippen LogP contribution in [0, 0.1) is 0 Å². The number of hydrogen-bond donors (Lipinski definition) is 0. The van der Waals surface area contributed by atoms with Crippen molar-refractivity contribution in [3.05, 3.63) is 48.5 Å². The van der Waals surface area contributed by atoms with E-state index in [1.807, 2.05) is 11.8 Å². The molecule has 0 spiro atoms. The zero-order valence-electron chi connectivity index (χ0n) is 14.7. The fourth-order valence-electron chi connectivity index (χ4n) is 3.66. The van der Waals surface area contributed by atoms with Gasteiger partial charge in [0.2, 0.25) is 0 Å². The van der Waals surface area contributed by atoms with Crippen LogP contribution in [0.5, 0.6) is 0 Å². The predicted octanol–water partition coefficient (Wildman–Crippen LogP) is 4.79. The Balaban J connectivity index is 1.35. The summed E-state index contributed by atoms with van der Waals surface area (Å²) in [5, 5.41) is 0. The highest BCUT2D eigenvalue weighted by Gasteiger charge is 2.22. The third-order valence-corrected chi connectivity index (χ3v) is 6.12. The summed E-state index contributed by atoms with van der Waals surface area (Å²) < 4.78 is 5.98. The minimum Gasteiger partial charge on any atom is -0.378 e. The van der Waals surface area contributed by atoms with Gasteiger partial charge < -0.3 is 14.5 Å². The van der Waals surface area contributed by atoms with Crippen LogP contribution in [0.4, 0.5) is 11.4 Å². The van der Waals surface area contributed by atoms with Gasteiger partial charge in [-0.1, -0.05) is 42.4 Å². The van der Waals surface area contributed by atoms with E-state index >= 15 is 0 Å². The minimum atomic E-state index is 0.765. The molecular formula is C21H26N2OS. The van der Waals surface area contributed by atoms with Crippen molar-refractivity contribution in [2.24, 2.45) is 0 Å². The molecule has 1 saturated heterocycles. The number of likely N-dealkylation sites (tertiary alicyclic amines) is 1. The predicted molar refractivity (Wildman–Crippen MR) is 105 cm³/mol. The summed E-state index contributed by atoms with van der Waals surface area (Å²) in [5.74, 6) is 0. The van der Waals surface area contributed by atoms with Crippen molar-refractivity contribution in [2.75, 3.05) is 44.3 Å². The number of benzene rings is 2. The highest BCUT2D eigenvalue weighted by Crippen LogP contribution is 2.47. The highest BCUT2D eigenvalue weighted by atomic mass is 32.2. The van der Waals surface area contributed by atoms with Crippen LogP contribution in [0.25, 0.3) is 0 Å². The van der Waals surface area contributed by atoms with Gasteiger partial charge in [0.05, 0.1) is 24.6 Å². The Hall–Kier alpha value is -1.49. The summed E-state index contributed by atoms with van der Waals surface area (Å²) >= 11 is 1.86. The zero-order chi connectivity index (χ0) is 16.9. The molecule has 2 aliphatic heterocycles. The third kappa shape index (κ3) is 4.02. The first-order valence-electron chi connectivity index (χ1n) is 9.35. The molecular weight excluding hydrogens is 328 g/mol. The molecule has 0 radical (unpaired) electrons. The van der Waals surface area contributed by atoms with Gasteiger partial charge in [-0.05, 0) is 50.2 Å². The zero-order valence-corrected chi connectivity index (χ0v) is 15.5. The second-order valence-corrected chi connectivity index (χ2v) is 7.79. The lowest BCUT2D eigenvalue weighted by Crippen LogP contribution is -2.33. The lowest BCUT2D eigenvalue weighted by atomic mass is 10.1. The molecule has 2 aliphatic rings. The molecule has 25 heavy (non-hydrogen) atoms. The topological polar surface area (TPSA) is 15.7 Å². The van der Waals surface area contributed by atoms with E-state index in [-0.39, 0.29) is 0 Å². The van der Waals surface area contributed by atoms with Crippen LogP contribution >= 0.6 is 11.8 Å². The van der Waals surface area contributed by atoms with Crippen molar-refractivity contribution >= 4 is 23.1 Å². The summed E-state index contributed by atoms with van der Waals surface area (Å²) in [7, 11) is 0. The van der Waals surface area contributed by atoms with E-state index in [2.05, 4.69) is 58.3 Å². The fraction of sp³-hybridized carbons (Fsp3) is 0.429. The molecule has 3 nitrogen and oxygen atoms in total. The fourth-order valence-corrected chi connectivity index (χ4v) is 4.75. The lowest BCUT2D eigenvalue weighted by Gasteiger charge is -2.32. The molecule has 0 N–H and O–H groups in total. The molecule has 0 amide bonds. The molecule has 132 valence electrons. The summed E-state index contributed by atoms with van der Waals surface area (Å²) in [6.07, 6.45) is 4.08. The van der Waals surface area contributed by atoms with E-state index in [1.165, 1.54) is 53.5 Å². The van der Waals surface area contributed by atoms with E-state index in [0.29, 0.717) is 0 Å². The average molecular weight is 355 g/mol. The van der Waals surface area contributed by atoms with Crippen molar-refractivity contribution in [1.82, 2.24) is 4.90 Å². The number of nitrogens with zero attached hydrogens (tertiary/aromatic N) is 2. The number of rotatable bonds is 6. The monoisotopic (exact) mass is 354 g/mol. The van der Waals surface area contributed by atoms with Crippen LogP contribution in [-0.4, -0.2) is 44.3 Å². The van der Waals surface area contributed by atoms with Crippen LogP contribution in [0.1, 0.15) is 19.3 Å². The van der Waals surface area contributed by atoms with Crippen LogP contribution < -0.4 is 4.90 Å². The Morgan fingerprint density at radius 2 is 1.36 bits per heavy atom. The van der Waals surface area contributed by atoms with Crippen molar-refractivity contribution < 1.29 is 4.74 Å². The van der Waals surface area contributed by atoms with Crippen LogP contribution in [0.15, 0.2) is 58.3 Å². The van der Waals surface area contributed by atoms with Gasteiger partial charge in [0.15, 0.2) is 0 Å². The van der Waals surface area contributed by atoms with Crippen molar-refractivity contribution in [1.29, 1.82) is 0 Å². The van der Waals surface area contributed by atoms with E-state index in [9.17, 15) is 0 Å². The molecule has 4 rings (SSSR count). The smallest absolute Gasteiger partial charge is 0.0646 e. The molecule has 0 unspecified atom stereocenters. The lowest BCUT2D eigenvalue weighted by molar-refractivity contribution is 0.101. The number of para-hydroxylation sites is 2. The molecule has 0 aromatic heterocycles. The number of piperidine rings is 1. The Kier molecular flexibility index (Phi) is 5.60. The van der Waals surface area contributed by atoms with Crippen molar-refractivity contribution in [2.45, 2.75) is 29.1 Å². The normalized spacial score (nSPS) is 17.2. The third-order valence-electron chi connectivity index (χ3n) is 4.99. The first kappa shape index (κ1) is 17.0. The van der Waals surface area contributed by atoms with E-state index in [0.717, 1.165) is 26.3 Å². The largest absolute Gasteiger partial charge is 0.378 e. The Morgan fingerprint density at radius 3 is 2.04 bits per heavy atom. The molecule has 0 atom stereocenters. The molecule has 4 heteroatoms. The number of hydrogen-bond acceptors (Lipinski definition) is 4. The maximum absolute atomic E-state index is 5.98. The average Bonchev–Trinajstić information content (AvgIpc) is 2.68. The SMILES string of the molecule is c1ccc2c(c1)Sc1ccccc1N2CCOCCN1CCCCC1. The molecule has 2 heterocycles. The van der Waals surface area contributed by atoms with E-state index in [4.69, 9.17) is 4.74 Å². The van der Waals surface area contributed by atoms with Gasteiger partial charge >= 0.3 is 0 Å². The second-order valence-electron chi connectivity index (χ2n) is 6.70. The van der Waals surface area contributed by atoms with E-state index in [1.54, 1.807) is 0 Å². The first-order valence-corrected chi connectivity index (χ1v) is 10.2. The van der Waals surface area contributed by atoms with Gasteiger partial charge in [0, 0.05) is 22.9 Å². The standard InChI is InChI=1S/C21H26N2OS/c1-6-12-22(13-7-1)14-16-24-17-15-23-18-8-2-4-10-20(18)25-21-11-5-3-9-19(21)23/h2-5,8-11H,1,6-7,12-17H2. The first-order chi connectivity index (χ1) is 12.4. The van der Waals surface area contributed by atoms with Gasteiger partial charge in [-0.3, -0.25) is 0 Å². The Morgan fingerprint density at radius 1 is 0.760 bits per heavy atom. The second kappa shape index (κ2) is 8.26. The van der Waals surface area contributed by atoms with Crippen LogP contribution in [0.3, 0.4) is 0 Å². The summed E-state index contributed by atoms with van der Waals surface area (Å²) in [6, 6.07) is 17.3.